The SMILES string of the molecule is CC1CCCN(C(=O)Nc2cccc(CO)c2)C1. The third-order valence-corrected chi connectivity index (χ3v) is 3.31. The van der Waals surface area contributed by atoms with Gasteiger partial charge >= 0.3 is 6.03 Å². The normalized spacial score (nSPS) is 19.7. The lowest BCUT2D eigenvalue weighted by molar-refractivity contribution is 0.182. The lowest BCUT2D eigenvalue weighted by Crippen LogP contribution is -2.41. The summed E-state index contributed by atoms with van der Waals surface area (Å²) in [4.78, 5) is 13.9. The van der Waals surface area contributed by atoms with Crippen molar-refractivity contribution in [3.05, 3.63) is 29.8 Å². The van der Waals surface area contributed by atoms with Crippen molar-refractivity contribution in [2.45, 2.75) is 26.4 Å². The second-order valence-corrected chi connectivity index (χ2v) is 4.98. The standard InChI is InChI=1S/C14H20N2O2/c1-11-4-3-7-16(9-11)14(18)15-13-6-2-5-12(8-13)10-17/h2,5-6,8,11,17H,3-4,7,9-10H2,1H3,(H,15,18). The van der Waals surface area contributed by atoms with E-state index < -0.39 is 0 Å². The summed E-state index contributed by atoms with van der Waals surface area (Å²) in [7, 11) is 0. The van der Waals surface area contributed by atoms with Crippen molar-refractivity contribution >= 4 is 11.7 Å². The molecule has 0 spiro atoms. The molecule has 4 heteroatoms. The molecule has 2 rings (SSSR count). The van der Waals surface area contributed by atoms with Crippen LogP contribution in [0.1, 0.15) is 25.3 Å². The van der Waals surface area contributed by atoms with Crippen LogP contribution < -0.4 is 5.32 Å². The van der Waals surface area contributed by atoms with E-state index in [-0.39, 0.29) is 12.6 Å². The molecule has 2 amide bonds. The van der Waals surface area contributed by atoms with Crippen LogP contribution in [0.2, 0.25) is 0 Å². The molecule has 1 fully saturated rings. The molecule has 1 aliphatic rings. The molecular weight excluding hydrogens is 228 g/mol. The summed E-state index contributed by atoms with van der Waals surface area (Å²) in [5.74, 6) is 0.577. The zero-order valence-electron chi connectivity index (χ0n) is 10.7. The van der Waals surface area contributed by atoms with Crippen LogP contribution in [-0.2, 0) is 6.61 Å². The van der Waals surface area contributed by atoms with Crippen LogP contribution in [0.4, 0.5) is 10.5 Å². The quantitative estimate of drug-likeness (QED) is 0.844. The number of anilines is 1. The summed E-state index contributed by atoms with van der Waals surface area (Å²) >= 11 is 0. The van der Waals surface area contributed by atoms with Gasteiger partial charge in [0.1, 0.15) is 0 Å². The predicted molar refractivity (Wildman–Crippen MR) is 71.4 cm³/mol. The number of aliphatic hydroxyl groups excluding tert-OH is 1. The maximum absolute atomic E-state index is 12.1. The summed E-state index contributed by atoms with van der Waals surface area (Å²) in [6.45, 7) is 3.82. The van der Waals surface area contributed by atoms with E-state index in [0.29, 0.717) is 5.92 Å². The fourth-order valence-corrected chi connectivity index (χ4v) is 2.32. The lowest BCUT2D eigenvalue weighted by Gasteiger charge is -2.30. The molecule has 0 saturated carbocycles. The van der Waals surface area contributed by atoms with Crippen LogP contribution in [0.25, 0.3) is 0 Å². The van der Waals surface area contributed by atoms with Gasteiger partial charge in [0.25, 0.3) is 0 Å². The highest BCUT2D eigenvalue weighted by atomic mass is 16.3. The third kappa shape index (κ3) is 3.23. The highest BCUT2D eigenvalue weighted by molar-refractivity contribution is 5.89. The number of nitrogens with one attached hydrogen (secondary N) is 1. The Bertz CT molecular complexity index is 420. The number of aliphatic hydroxyl groups is 1. The zero-order chi connectivity index (χ0) is 13.0. The first-order valence-electron chi connectivity index (χ1n) is 6.45. The van der Waals surface area contributed by atoms with Crippen LogP contribution in [0.3, 0.4) is 0 Å². The smallest absolute Gasteiger partial charge is 0.321 e. The molecule has 0 aromatic heterocycles. The maximum Gasteiger partial charge on any atom is 0.321 e. The van der Waals surface area contributed by atoms with Gasteiger partial charge in [-0.1, -0.05) is 19.1 Å². The second-order valence-electron chi connectivity index (χ2n) is 4.98. The molecule has 4 nitrogen and oxygen atoms in total. The van der Waals surface area contributed by atoms with Gasteiger partial charge in [0.15, 0.2) is 0 Å². The topological polar surface area (TPSA) is 52.6 Å². The molecule has 0 bridgehead atoms. The minimum atomic E-state index is -0.0448. The molecule has 1 aliphatic heterocycles. The summed E-state index contributed by atoms with van der Waals surface area (Å²) in [6, 6.07) is 7.26. The number of hydrogen-bond acceptors (Lipinski definition) is 2. The van der Waals surface area contributed by atoms with Gasteiger partial charge in [-0.15, -0.1) is 0 Å². The van der Waals surface area contributed by atoms with Gasteiger partial charge in [-0.25, -0.2) is 4.79 Å². The number of amides is 2. The first-order valence-corrected chi connectivity index (χ1v) is 6.45. The number of hydrogen-bond donors (Lipinski definition) is 2. The monoisotopic (exact) mass is 248 g/mol. The third-order valence-electron chi connectivity index (χ3n) is 3.31. The Hall–Kier alpha value is -1.55. The van der Waals surface area contributed by atoms with Crippen molar-refractivity contribution < 1.29 is 9.90 Å². The molecule has 1 heterocycles. The van der Waals surface area contributed by atoms with Gasteiger partial charge in [-0.3, -0.25) is 0 Å². The fourth-order valence-electron chi connectivity index (χ4n) is 2.32. The summed E-state index contributed by atoms with van der Waals surface area (Å²) in [6.07, 6.45) is 2.27. The molecule has 0 radical (unpaired) electrons. The predicted octanol–water partition coefficient (Wildman–Crippen LogP) is 2.44. The number of carbonyl (C=O) groups is 1. The Morgan fingerprint density at radius 3 is 3.11 bits per heavy atom. The number of carbonyl (C=O) groups excluding carboxylic acids is 1. The van der Waals surface area contributed by atoms with Gasteiger partial charge < -0.3 is 15.3 Å². The van der Waals surface area contributed by atoms with Crippen molar-refractivity contribution in [2.75, 3.05) is 18.4 Å². The number of rotatable bonds is 2. The number of benzene rings is 1. The molecule has 0 aliphatic carbocycles. The summed E-state index contributed by atoms with van der Waals surface area (Å²) in [5.41, 5.74) is 1.55. The van der Waals surface area contributed by atoms with Crippen molar-refractivity contribution in [3.8, 4) is 0 Å². The minimum absolute atomic E-state index is 0.00947. The van der Waals surface area contributed by atoms with E-state index in [1.54, 1.807) is 6.07 Å². The van der Waals surface area contributed by atoms with E-state index in [1.807, 2.05) is 23.1 Å². The zero-order valence-corrected chi connectivity index (χ0v) is 10.7. The van der Waals surface area contributed by atoms with E-state index in [9.17, 15) is 4.79 Å². The van der Waals surface area contributed by atoms with Crippen LogP contribution in [0.15, 0.2) is 24.3 Å². The molecule has 98 valence electrons. The number of urea groups is 1. The molecule has 18 heavy (non-hydrogen) atoms. The van der Waals surface area contributed by atoms with Crippen LogP contribution >= 0.6 is 0 Å². The molecule has 1 atom stereocenters. The molecular formula is C14H20N2O2. The van der Waals surface area contributed by atoms with Gasteiger partial charge in [0.2, 0.25) is 0 Å². The Labute approximate surface area is 108 Å². The maximum atomic E-state index is 12.1. The lowest BCUT2D eigenvalue weighted by atomic mass is 10.0. The second kappa shape index (κ2) is 5.87. The van der Waals surface area contributed by atoms with Gasteiger partial charge in [0, 0.05) is 18.8 Å². The first kappa shape index (κ1) is 12.9. The molecule has 1 aromatic carbocycles. The Morgan fingerprint density at radius 1 is 1.56 bits per heavy atom. The van der Waals surface area contributed by atoms with Crippen LogP contribution in [0, 0.1) is 5.92 Å². The van der Waals surface area contributed by atoms with E-state index in [1.165, 1.54) is 6.42 Å². The summed E-state index contributed by atoms with van der Waals surface area (Å²) in [5, 5.41) is 11.9. The molecule has 1 unspecified atom stereocenters. The highest BCUT2D eigenvalue weighted by Gasteiger charge is 2.20. The van der Waals surface area contributed by atoms with Crippen molar-refractivity contribution in [1.82, 2.24) is 4.90 Å². The molecule has 1 aromatic rings. The Kier molecular flexibility index (Phi) is 4.20. The molecule has 1 saturated heterocycles. The van der Waals surface area contributed by atoms with Gasteiger partial charge in [-0.2, -0.15) is 0 Å². The van der Waals surface area contributed by atoms with E-state index in [0.717, 1.165) is 30.8 Å². The number of nitrogens with zero attached hydrogens (tertiary/aromatic N) is 1. The van der Waals surface area contributed by atoms with E-state index >= 15 is 0 Å². The Morgan fingerprint density at radius 2 is 2.39 bits per heavy atom. The first-order chi connectivity index (χ1) is 8.69. The van der Waals surface area contributed by atoms with Gasteiger partial charge in [-0.05, 0) is 36.5 Å². The average molecular weight is 248 g/mol. The number of likely N-dealkylation sites (tertiary alicyclic amines) is 1. The van der Waals surface area contributed by atoms with E-state index in [4.69, 9.17) is 5.11 Å². The van der Waals surface area contributed by atoms with Gasteiger partial charge in [0.05, 0.1) is 6.61 Å². The Balaban J connectivity index is 1.97. The van der Waals surface area contributed by atoms with Crippen LogP contribution in [-0.4, -0.2) is 29.1 Å². The summed E-state index contributed by atoms with van der Waals surface area (Å²) < 4.78 is 0. The van der Waals surface area contributed by atoms with Crippen molar-refractivity contribution in [3.63, 3.8) is 0 Å². The fraction of sp³-hybridized carbons (Fsp3) is 0.500. The average Bonchev–Trinajstić information content (AvgIpc) is 2.39. The minimum Gasteiger partial charge on any atom is -0.392 e. The van der Waals surface area contributed by atoms with E-state index in [2.05, 4.69) is 12.2 Å². The number of piperidine rings is 1. The highest BCUT2D eigenvalue weighted by Crippen LogP contribution is 2.17. The van der Waals surface area contributed by atoms with Crippen molar-refractivity contribution in [1.29, 1.82) is 0 Å². The largest absolute Gasteiger partial charge is 0.392 e. The molecule has 2 N–H and O–H groups in total. The van der Waals surface area contributed by atoms with Crippen molar-refractivity contribution in [2.24, 2.45) is 5.92 Å². The van der Waals surface area contributed by atoms with Crippen LogP contribution in [0.5, 0.6) is 0 Å².